The summed E-state index contributed by atoms with van der Waals surface area (Å²) < 4.78 is 37.0. The van der Waals surface area contributed by atoms with E-state index in [-0.39, 0.29) is 26.1 Å². The molecule has 2 heterocycles. The first-order valence-electron chi connectivity index (χ1n) is 10.1. The number of carbonyl (C=O) groups is 1. The van der Waals surface area contributed by atoms with Crippen LogP contribution in [0.4, 0.5) is 0 Å². The molecule has 2 saturated heterocycles. The zero-order valence-electron chi connectivity index (χ0n) is 16.3. The number of hydrogen-bond donors (Lipinski definition) is 2. The van der Waals surface area contributed by atoms with Crippen molar-refractivity contribution < 1.29 is 27.9 Å². The lowest BCUT2D eigenvalue weighted by atomic mass is 9.92. The molecule has 0 saturated carbocycles. The Bertz CT molecular complexity index is 554. The molecule has 2 aliphatic heterocycles. The Labute approximate surface area is 162 Å². The Hall–Kier alpha value is -0.740. The van der Waals surface area contributed by atoms with E-state index in [0.717, 1.165) is 51.7 Å². The van der Waals surface area contributed by atoms with Crippen molar-refractivity contribution in [3.05, 3.63) is 0 Å². The smallest absolute Gasteiger partial charge is 0.266 e. The minimum Gasteiger partial charge on any atom is -0.381 e. The topological polar surface area (TPSA) is 105 Å². The number of nitrogens with one attached hydrogen (secondary N) is 1. The van der Waals surface area contributed by atoms with Gasteiger partial charge in [0, 0.05) is 52.4 Å². The molecule has 0 aromatic heterocycles. The molecule has 0 aromatic rings. The van der Waals surface area contributed by atoms with E-state index in [1.54, 1.807) is 5.48 Å². The molecule has 158 valence electrons. The summed E-state index contributed by atoms with van der Waals surface area (Å²) in [7, 11) is -3.86. The lowest BCUT2D eigenvalue weighted by Crippen LogP contribution is -2.60. The van der Waals surface area contributed by atoms with Gasteiger partial charge in [-0.05, 0) is 31.6 Å². The van der Waals surface area contributed by atoms with Gasteiger partial charge in [-0.15, -0.1) is 0 Å². The van der Waals surface area contributed by atoms with Gasteiger partial charge in [0.2, 0.25) is 10.0 Å². The van der Waals surface area contributed by atoms with Gasteiger partial charge < -0.3 is 9.47 Å². The number of hydroxylamine groups is 1. The van der Waals surface area contributed by atoms with E-state index < -0.39 is 20.7 Å². The van der Waals surface area contributed by atoms with Crippen LogP contribution in [0, 0.1) is 5.92 Å². The molecule has 27 heavy (non-hydrogen) atoms. The van der Waals surface area contributed by atoms with Crippen molar-refractivity contribution >= 4 is 15.9 Å². The molecule has 1 amide bonds. The van der Waals surface area contributed by atoms with Gasteiger partial charge in [0.25, 0.3) is 5.91 Å². The largest absolute Gasteiger partial charge is 0.381 e. The Kier molecular flexibility index (Phi) is 8.94. The van der Waals surface area contributed by atoms with Crippen LogP contribution < -0.4 is 5.48 Å². The molecule has 8 nitrogen and oxygen atoms in total. The third kappa shape index (κ3) is 5.41. The highest BCUT2D eigenvalue weighted by atomic mass is 32.2. The number of ether oxygens (including phenoxy) is 2. The summed E-state index contributed by atoms with van der Waals surface area (Å²) in [6.07, 6.45) is 6.01. The van der Waals surface area contributed by atoms with Gasteiger partial charge >= 0.3 is 0 Å². The number of sulfonamides is 1. The van der Waals surface area contributed by atoms with Crippen molar-refractivity contribution in [1.29, 1.82) is 0 Å². The average Bonchev–Trinajstić information content (AvgIpc) is 2.70. The molecular weight excluding hydrogens is 372 g/mol. The van der Waals surface area contributed by atoms with Crippen LogP contribution in [0.5, 0.6) is 0 Å². The summed E-state index contributed by atoms with van der Waals surface area (Å²) >= 11 is 0. The van der Waals surface area contributed by atoms with Crippen LogP contribution in [-0.2, 0) is 24.3 Å². The number of unbranched alkanes of at least 4 members (excludes halogenated alkanes) is 1. The van der Waals surface area contributed by atoms with Gasteiger partial charge in [0.1, 0.15) is 0 Å². The Morgan fingerprint density at radius 3 is 2.48 bits per heavy atom. The maximum Gasteiger partial charge on any atom is 0.266 e. The third-order valence-corrected chi connectivity index (χ3v) is 8.35. The first-order chi connectivity index (χ1) is 13.0. The van der Waals surface area contributed by atoms with E-state index in [9.17, 15) is 13.2 Å². The molecule has 0 unspecified atom stereocenters. The summed E-state index contributed by atoms with van der Waals surface area (Å²) in [4.78, 5) is 12.3. The Morgan fingerprint density at radius 1 is 1.22 bits per heavy atom. The van der Waals surface area contributed by atoms with Crippen LogP contribution in [0.3, 0.4) is 0 Å². The average molecular weight is 407 g/mol. The van der Waals surface area contributed by atoms with Crippen molar-refractivity contribution in [3.8, 4) is 0 Å². The lowest BCUT2D eigenvalue weighted by Gasteiger charge is -2.40. The summed E-state index contributed by atoms with van der Waals surface area (Å²) in [6.45, 7) is 4.95. The molecule has 0 bridgehead atoms. The van der Waals surface area contributed by atoms with Gasteiger partial charge in [-0.1, -0.05) is 19.8 Å². The first-order valence-corrected chi connectivity index (χ1v) is 11.5. The first kappa shape index (κ1) is 22.5. The Balaban J connectivity index is 1.87. The normalized spacial score (nSPS) is 21.9. The SMILES string of the molecule is CCCOCCCCC1CCN(S(=O)(=O)C2(C(=O)NO)CCOCC2)CC1. The molecule has 2 fully saturated rings. The fraction of sp³-hybridized carbons (Fsp3) is 0.944. The summed E-state index contributed by atoms with van der Waals surface area (Å²) in [5.74, 6) is -0.333. The maximum absolute atomic E-state index is 13.2. The van der Waals surface area contributed by atoms with Crippen LogP contribution in [0.1, 0.15) is 58.3 Å². The van der Waals surface area contributed by atoms with Crippen LogP contribution in [0.25, 0.3) is 0 Å². The minimum atomic E-state index is -3.86. The second-order valence-corrected chi connectivity index (χ2v) is 9.75. The zero-order valence-corrected chi connectivity index (χ0v) is 17.1. The zero-order chi connectivity index (χ0) is 19.8. The molecule has 0 spiro atoms. The predicted molar refractivity (Wildman–Crippen MR) is 101 cm³/mol. The van der Waals surface area contributed by atoms with Crippen LogP contribution in [-0.4, -0.2) is 68.1 Å². The van der Waals surface area contributed by atoms with Gasteiger partial charge in [-0.25, -0.2) is 18.2 Å². The second kappa shape index (κ2) is 10.7. The highest BCUT2D eigenvalue weighted by Gasteiger charge is 2.54. The van der Waals surface area contributed by atoms with Gasteiger partial charge in [0.15, 0.2) is 4.75 Å². The van der Waals surface area contributed by atoms with Gasteiger partial charge in [-0.3, -0.25) is 10.0 Å². The van der Waals surface area contributed by atoms with E-state index in [1.807, 2.05) is 0 Å². The number of rotatable bonds is 10. The van der Waals surface area contributed by atoms with Crippen molar-refractivity contribution in [3.63, 3.8) is 0 Å². The molecule has 0 radical (unpaired) electrons. The van der Waals surface area contributed by atoms with E-state index in [0.29, 0.717) is 19.0 Å². The fourth-order valence-electron chi connectivity index (χ4n) is 3.97. The van der Waals surface area contributed by atoms with Crippen molar-refractivity contribution in [2.24, 2.45) is 5.92 Å². The molecular formula is C18H34N2O6S. The van der Waals surface area contributed by atoms with Gasteiger partial charge in [0.05, 0.1) is 0 Å². The van der Waals surface area contributed by atoms with Crippen molar-refractivity contribution in [2.75, 3.05) is 39.5 Å². The van der Waals surface area contributed by atoms with Crippen LogP contribution in [0.15, 0.2) is 0 Å². The Morgan fingerprint density at radius 2 is 1.89 bits per heavy atom. The summed E-state index contributed by atoms with van der Waals surface area (Å²) in [6, 6.07) is 0. The maximum atomic E-state index is 13.2. The van der Waals surface area contributed by atoms with E-state index >= 15 is 0 Å². The monoisotopic (exact) mass is 406 g/mol. The summed E-state index contributed by atoms with van der Waals surface area (Å²) in [5.41, 5.74) is 1.57. The molecule has 2 N–H and O–H groups in total. The minimum absolute atomic E-state index is 0.0689. The van der Waals surface area contributed by atoms with Crippen LogP contribution >= 0.6 is 0 Å². The molecule has 0 atom stereocenters. The number of hydrogen-bond acceptors (Lipinski definition) is 6. The van der Waals surface area contributed by atoms with Crippen molar-refractivity contribution in [1.82, 2.24) is 9.79 Å². The molecule has 0 aliphatic carbocycles. The highest BCUT2D eigenvalue weighted by molar-refractivity contribution is 7.91. The number of nitrogens with zero attached hydrogens (tertiary/aromatic N) is 1. The highest BCUT2D eigenvalue weighted by Crippen LogP contribution is 2.35. The number of piperidine rings is 1. The number of carbonyl (C=O) groups excluding carboxylic acids is 1. The predicted octanol–water partition coefficient (Wildman–Crippen LogP) is 1.68. The molecule has 2 aliphatic rings. The van der Waals surface area contributed by atoms with Gasteiger partial charge in [-0.2, -0.15) is 0 Å². The van der Waals surface area contributed by atoms with E-state index in [1.165, 1.54) is 4.31 Å². The van der Waals surface area contributed by atoms with E-state index in [4.69, 9.17) is 14.7 Å². The van der Waals surface area contributed by atoms with Crippen molar-refractivity contribution in [2.45, 2.75) is 63.0 Å². The molecule has 0 aromatic carbocycles. The second-order valence-electron chi connectivity index (χ2n) is 7.50. The standard InChI is InChI=1S/C18H34N2O6S/c1-2-12-25-13-4-3-5-16-6-10-20(11-7-16)27(23,24)18(17(21)19-22)8-14-26-15-9-18/h16,22H,2-15H2,1H3,(H,19,21). The fourth-order valence-corrected chi connectivity index (χ4v) is 6.12. The third-order valence-electron chi connectivity index (χ3n) is 5.72. The van der Waals surface area contributed by atoms with E-state index in [2.05, 4.69) is 6.92 Å². The summed E-state index contributed by atoms with van der Waals surface area (Å²) in [5, 5.41) is 9.10. The molecule has 2 rings (SSSR count). The lowest BCUT2D eigenvalue weighted by molar-refractivity contribution is -0.134. The van der Waals surface area contributed by atoms with Crippen LogP contribution in [0.2, 0.25) is 0 Å². The molecule has 9 heteroatoms. The number of amides is 1. The quantitative estimate of drug-likeness (QED) is 0.325.